The summed E-state index contributed by atoms with van der Waals surface area (Å²) >= 11 is 11.5. The van der Waals surface area contributed by atoms with E-state index in [2.05, 4.69) is 5.32 Å². The Morgan fingerprint density at radius 2 is 1.57 bits per heavy atom. The van der Waals surface area contributed by atoms with Crippen LogP contribution in [0.25, 0.3) is 0 Å². The second-order valence-electron chi connectivity index (χ2n) is 4.02. The average Bonchev–Trinajstić information content (AvgIpc) is 2.43. The number of nitrogens with one attached hydrogen (secondary N) is 1. The number of hydrogen-bond acceptors (Lipinski definition) is 2. The highest BCUT2D eigenvalue weighted by molar-refractivity contribution is 6.35. The van der Waals surface area contributed by atoms with E-state index < -0.39 is 17.7 Å². The summed E-state index contributed by atoms with van der Waals surface area (Å²) in [5.41, 5.74) is -0.604. The molecular formula is C14H8Cl2FNO3. The molecule has 0 spiro atoms. The summed E-state index contributed by atoms with van der Waals surface area (Å²) in [5, 5.41) is 11.2. The summed E-state index contributed by atoms with van der Waals surface area (Å²) in [6.07, 6.45) is 0. The Bertz CT molecular complexity index is 734. The molecule has 7 heteroatoms. The molecule has 0 aliphatic rings. The van der Waals surface area contributed by atoms with Gasteiger partial charge in [0.15, 0.2) is 5.82 Å². The van der Waals surface area contributed by atoms with Crippen LogP contribution in [0.1, 0.15) is 20.7 Å². The second kappa shape index (κ2) is 6.11. The first kappa shape index (κ1) is 15.3. The Labute approximate surface area is 129 Å². The van der Waals surface area contributed by atoms with Crippen LogP contribution in [-0.2, 0) is 0 Å². The Morgan fingerprint density at radius 1 is 1.00 bits per heavy atom. The third-order valence-corrected chi connectivity index (χ3v) is 3.29. The van der Waals surface area contributed by atoms with Crippen LogP contribution in [0.5, 0.6) is 0 Å². The lowest BCUT2D eigenvalue weighted by molar-refractivity contribution is 0.0698. The molecule has 0 radical (unpaired) electrons. The normalized spacial score (nSPS) is 10.2. The highest BCUT2D eigenvalue weighted by Crippen LogP contribution is 2.27. The Morgan fingerprint density at radius 3 is 2.19 bits per heavy atom. The van der Waals surface area contributed by atoms with Gasteiger partial charge in [-0.05, 0) is 24.3 Å². The molecule has 0 aromatic heterocycles. The number of para-hydroxylation sites is 1. The van der Waals surface area contributed by atoms with Gasteiger partial charge in [0.25, 0.3) is 5.91 Å². The molecule has 1 amide bonds. The molecule has 0 bridgehead atoms. The molecule has 0 atom stereocenters. The van der Waals surface area contributed by atoms with Gasteiger partial charge in [-0.25, -0.2) is 9.18 Å². The maximum Gasteiger partial charge on any atom is 0.337 e. The fourth-order valence-corrected chi connectivity index (χ4v) is 2.09. The summed E-state index contributed by atoms with van der Waals surface area (Å²) in [4.78, 5) is 23.2. The molecule has 21 heavy (non-hydrogen) atoms. The molecule has 0 aliphatic heterocycles. The lowest BCUT2D eigenvalue weighted by atomic mass is 10.1. The number of halogens is 3. The SMILES string of the molecule is O=C(Nc1c(Cl)cccc1C(=O)O)c1cccc(Cl)c1F. The fraction of sp³-hybridized carbons (Fsp3) is 0. The first-order valence-corrected chi connectivity index (χ1v) is 6.44. The summed E-state index contributed by atoms with van der Waals surface area (Å²) in [6.45, 7) is 0. The van der Waals surface area contributed by atoms with Gasteiger partial charge >= 0.3 is 5.97 Å². The number of carboxylic acids is 1. The van der Waals surface area contributed by atoms with Crippen LogP contribution in [0.15, 0.2) is 36.4 Å². The largest absolute Gasteiger partial charge is 0.478 e. The Balaban J connectivity index is 2.41. The number of carbonyl (C=O) groups is 2. The quantitative estimate of drug-likeness (QED) is 0.892. The van der Waals surface area contributed by atoms with Crippen LogP contribution in [-0.4, -0.2) is 17.0 Å². The van der Waals surface area contributed by atoms with Gasteiger partial charge in [-0.1, -0.05) is 35.3 Å². The molecule has 2 N–H and O–H groups in total. The van der Waals surface area contributed by atoms with Crippen molar-refractivity contribution in [1.82, 2.24) is 0 Å². The van der Waals surface area contributed by atoms with Gasteiger partial charge in [0.05, 0.1) is 26.9 Å². The van der Waals surface area contributed by atoms with Gasteiger partial charge in [-0.15, -0.1) is 0 Å². The zero-order chi connectivity index (χ0) is 15.6. The number of carbonyl (C=O) groups excluding carboxylic acids is 1. The number of amides is 1. The number of aromatic carboxylic acids is 1. The molecule has 2 aromatic carbocycles. The van der Waals surface area contributed by atoms with Gasteiger partial charge in [0.1, 0.15) is 0 Å². The maximum absolute atomic E-state index is 13.8. The van der Waals surface area contributed by atoms with Crippen molar-refractivity contribution in [1.29, 1.82) is 0 Å². The lowest BCUT2D eigenvalue weighted by Crippen LogP contribution is -2.16. The van der Waals surface area contributed by atoms with E-state index in [-0.39, 0.29) is 26.9 Å². The number of carboxylic acid groups (broad SMARTS) is 1. The highest BCUT2D eigenvalue weighted by Gasteiger charge is 2.19. The Hall–Kier alpha value is -2.11. The van der Waals surface area contributed by atoms with Gasteiger partial charge in [-0.2, -0.15) is 0 Å². The predicted molar refractivity (Wildman–Crippen MR) is 77.8 cm³/mol. The molecule has 2 aromatic rings. The zero-order valence-corrected chi connectivity index (χ0v) is 11.9. The molecule has 0 saturated carbocycles. The van der Waals surface area contributed by atoms with Crippen LogP contribution in [0.2, 0.25) is 10.0 Å². The van der Waals surface area contributed by atoms with Gasteiger partial charge < -0.3 is 10.4 Å². The molecule has 108 valence electrons. The molecule has 0 fully saturated rings. The number of anilines is 1. The van der Waals surface area contributed by atoms with Crippen molar-refractivity contribution in [2.24, 2.45) is 0 Å². The van der Waals surface area contributed by atoms with E-state index in [9.17, 15) is 14.0 Å². The van der Waals surface area contributed by atoms with Crippen LogP contribution < -0.4 is 5.32 Å². The zero-order valence-electron chi connectivity index (χ0n) is 10.4. The lowest BCUT2D eigenvalue weighted by Gasteiger charge is -2.11. The number of rotatable bonds is 3. The topological polar surface area (TPSA) is 66.4 Å². The smallest absolute Gasteiger partial charge is 0.337 e. The van der Waals surface area contributed by atoms with Crippen molar-refractivity contribution >= 4 is 40.8 Å². The summed E-state index contributed by atoms with van der Waals surface area (Å²) in [6, 6.07) is 8.06. The van der Waals surface area contributed by atoms with Crippen LogP contribution in [0, 0.1) is 5.82 Å². The van der Waals surface area contributed by atoms with Crippen molar-refractivity contribution in [3.05, 3.63) is 63.4 Å². The molecule has 0 heterocycles. The molecular weight excluding hydrogens is 320 g/mol. The van der Waals surface area contributed by atoms with Crippen molar-refractivity contribution in [3.8, 4) is 0 Å². The molecule has 0 saturated heterocycles. The third-order valence-electron chi connectivity index (χ3n) is 2.68. The van der Waals surface area contributed by atoms with Crippen molar-refractivity contribution < 1.29 is 19.1 Å². The monoisotopic (exact) mass is 327 g/mol. The average molecular weight is 328 g/mol. The van der Waals surface area contributed by atoms with Crippen LogP contribution in [0.3, 0.4) is 0 Å². The maximum atomic E-state index is 13.8. The molecule has 4 nitrogen and oxygen atoms in total. The number of benzene rings is 2. The van der Waals surface area contributed by atoms with Crippen molar-refractivity contribution in [3.63, 3.8) is 0 Å². The van der Waals surface area contributed by atoms with E-state index in [1.807, 2.05) is 0 Å². The van der Waals surface area contributed by atoms with Crippen molar-refractivity contribution in [2.45, 2.75) is 0 Å². The molecule has 0 unspecified atom stereocenters. The first-order chi connectivity index (χ1) is 9.91. The summed E-state index contributed by atoms with van der Waals surface area (Å²) < 4.78 is 13.8. The van der Waals surface area contributed by atoms with Crippen LogP contribution in [0.4, 0.5) is 10.1 Å². The highest BCUT2D eigenvalue weighted by atomic mass is 35.5. The Kier molecular flexibility index (Phi) is 4.45. The van der Waals surface area contributed by atoms with E-state index in [1.54, 1.807) is 0 Å². The predicted octanol–water partition coefficient (Wildman–Crippen LogP) is 4.08. The van der Waals surface area contributed by atoms with E-state index in [0.717, 1.165) is 0 Å². The summed E-state index contributed by atoms with van der Waals surface area (Å²) in [7, 11) is 0. The molecule has 2 rings (SSSR count). The van der Waals surface area contributed by atoms with Gasteiger partial charge in [0.2, 0.25) is 0 Å². The van der Waals surface area contributed by atoms with E-state index >= 15 is 0 Å². The van der Waals surface area contributed by atoms with Gasteiger partial charge in [0, 0.05) is 0 Å². The standard InChI is InChI=1S/C14H8Cl2FNO3/c15-9-5-1-3-7(11(9)17)13(19)18-12-8(14(20)21)4-2-6-10(12)16/h1-6H,(H,18,19)(H,20,21). The molecule has 0 aliphatic carbocycles. The van der Waals surface area contributed by atoms with Crippen LogP contribution >= 0.6 is 23.2 Å². The van der Waals surface area contributed by atoms with Gasteiger partial charge in [-0.3, -0.25) is 4.79 Å². The second-order valence-corrected chi connectivity index (χ2v) is 4.84. The third kappa shape index (κ3) is 3.15. The van der Waals surface area contributed by atoms with Crippen molar-refractivity contribution in [2.75, 3.05) is 5.32 Å². The fourth-order valence-electron chi connectivity index (χ4n) is 1.69. The minimum Gasteiger partial charge on any atom is -0.478 e. The van der Waals surface area contributed by atoms with E-state index in [4.69, 9.17) is 28.3 Å². The minimum absolute atomic E-state index is 0.0330. The number of hydrogen-bond donors (Lipinski definition) is 2. The first-order valence-electron chi connectivity index (χ1n) is 5.69. The van der Waals surface area contributed by atoms with E-state index in [1.165, 1.54) is 36.4 Å². The minimum atomic E-state index is -1.26. The van der Waals surface area contributed by atoms with E-state index in [0.29, 0.717) is 0 Å². The summed E-state index contributed by atoms with van der Waals surface area (Å²) in [5.74, 6) is -2.99.